The van der Waals surface area contributed by atoms with Crippen molar-refractivity contribution in [1.82, 2.24) is 9.80 Å². The molecular weight excluding hydrogens is 692 g/mol. The third-order valence-corrected chi connectivity index (χ3v) is 11.4. The molecule has 0 aromatic heterocycles. The van der Waals surface area contributed by atoms with Crippen LogP contribution in [0.5, 0.6) is 63.2 Å². The highest BCUT2D eigenvalue weighted by atomic mass is 16.6. The van der Waals surface area contributed by atoms with Crippen molar-refractivity contribution < 1.29 is 47.7 Å². The van der Waals surface area contributed by atoms with Crippen LogP contribution in [0.2, 0.25) is 0 Å². The third kappa shape index (κ3) is 5.83. The van der Waals surface area contributed by atoms with E-state index in [1.807, 2.05) is 24.3 Å². The molecule has 7 rings (SSSR count). The smallest absolute Gasteiger partial charge is 0.211 e. The number of hydrogen-bond acceptors (Lipinski definition) is 12. The molecule has 0 fully saturated rings. The van der Waals surface area contributed by atoms with Crippen LogP contribution in [-0.4, -0.2) is 99.0 Å². The van der Waals surface area contributed by atoms with E-state index in [1.54, 1.807) is 49.8 Å². The Morgan fingerprint density at radius 2 is 1.26 bits per heavy atom. The number of fused-ring (bicyclic) bond motifs is 3. The molecule has 0 unspecified atom stereocenters. The van der Waals surface area contributed by atoms with Crippen LogP contribution >= 0.6 is 0 Å². The van der Waals surface area contributed by atoms with Crippen molar-refractivity contribution in [2.24, 2.45) is 0 Å². The fourth-order valence-electron chi connectivity index (χ4n) is 8.69. The van der Waals surface area contributed by atoms with Crippen molar-refractivity contribution in [2.45, 2.75) is 37.8 Å². The van der Waals surface area contributed by atoms with Crippen LogP contribution in [0.3, 0.4) is 0 Å². The van der Waals surface area contributed by atoms with E-state index in [1.165, 1.54) is 12.7 Å². The van der Waals surface area contributed by atoms with Gasteiger partial charge >= 0.3 is 0 Å². The SMILES string of the molecule is COc1cc2c(cc1Oc1c(OC)ccc(C[C@H]3c4cc(OC)c(OC)c(O)c4CCN3C)c1OC)C[C@@H]1c3c(c(OC)c(OC)c(OC)c3-2)CCN1C. The fourth-order valence-corrected chi connectivity index (χ4v) is 8.69. The van der Waals surface area contributed by atoms with Gasteiger partial charge in [-0.15, -0.1) is 0 Å². The summed E-state index contributed by atoms with van der Waals surface area (Å²) in [5, 5.41) is 11.2. The standard InChI is InChI=1S/C42H50N2O10/c1-43-15-13-24-27(21-33(48-5)39(51-8)36(24)45)28(43)17-22-11-12-30(46-3)40(37(22)49-6)54-32-19-23-18-29-34-25(14-16-44(29)2)38(50-7)42(53-10)41(52-9)35(34)26(23)20-31(32)47-4/h11-12,19-21,28-29,45H,13-18H2,1-10H3/t28-,29+/m0/s1. The number of likely N-dealkylation sites (N-methyl/N-ethyl adjacent to an activating group) is 2. The van der Waals surface area contributed by atoms with E-state index in [4.69, 9.17) is 42.6 Å². The molecule has 4 aromatic carbocycles. The molecule has 0 amide bonds. The van der Waals surface area contributed by atoms with E-state index < -0.39 is 0 Å². The van der Waals surface area contributed by atoms with Crippen LogP contribution in [-0.2, 0) is 25.7 Å². The number of nitrogens with zero attached hydrogens (tertiary/aromatic N) is 2. The summed E-state index contributed by atoms with van der Waals surface area (Å²) in [5.74, 6) is 5.40. The average Bonchev–Trinajstić information content (AvgIpc) is 3.19. The maximum atomic E-state index is 11.2. The first-order valence-electron chi connectivity index (χ1n) is 18.0. The molecule has 288 valence electrons. The number of methoxy groups -OCH3 is 8. The Labute approximate surface area is 316 Å². The van der Waals surface area contributed by atoms with E-state index in [0.717, 1.165) is 70.6 Å². The highest BCUT2D eigenvalue weighted by Crippen LogP contribution is 2.58. The van der Waals surface area contributed by atoms with Crippen LogP contribution in [0, 0.1) is 0 Å². The van der Waals surface area contributed by atoms with Gasteiger partial charge in [-0.1, -0.05) is 6.07 Å². The first-order chi connectivity index (χ1) is 26.2. The fraction of sp³-hybridized carbons (Fsp3) is 0.429. The summed E-state index contributed by atoms with van der Waals surface area (Å²) in [6.07, 6.45) is 2.80. The summed E-state index contributed by atoms with van der Waals surface area (Å²) < 4.78 is 53.9. The van der Waals surface area contributed by atoms with Gasteiger partial charge in [0.1, 0.15) is 0 Å². The quantitative estimate of drug-likeness (QED) is 0.165. The minimum Gasteiger partial charge on any atom is -0.504 e. The summed E-state index contributed by atoms with van der Waals surface area (Å²) >= 11 is 0. The zero-order chi connectivity index (χ0) is 38.4. The van der Waals surface area contributed by atoms with Gasteiger partial charge < -0.3 is 47.7 Å². The molecule has 0 spiro atoms. The highest BCUT2D eigenvalue weighted by Gasteiger charge is 2.40. The molecule has 0 bridgehead atoms. The van der Waals surface area contributed by atoms with Gasteiger partial charge in [-0.2, -0.15) is 0 Å². The van der Waals surface area contributed by atoms with E-state index in [-0.39, 0.29) is 17.8 Å². The number of hydrogen-bond donors (Lipinski definition) is 1. The minimum absolute atomic E-state index is 0.0898. The maximum absolute atomic E-state index is 11.2. The van der Waals surface area contributed by atoms with Gasteiger partial charge in [-0.3, -0.25) is 9.80 Å². The second kappa shape index (κ2) is 14.9. The average molecular weight is 743 g/mol. The zero-order valence-corrected chi connectivity index (χ0v) is 32.8. The molecule has 3 aliphatic rings. The van der Waals surface area contributed by atoms with Crippen molar-refractivity contribution >= 4 is 0 Å². The molecule has 1 aliphatic carbocycles. The Morgan fingerprint density at radius 3 is 1.91 bits per heavy atom. The normalized spacial score (nSPS) is 17.4. The van der Waals surface area contributed by atoms with E-state index >= 15 is 0 Å². The number of ether oxygens (including phenoxy) is 9. The van der Waals surface area contributed by atoms with Gasteiger partial charge in [-0.25, -0.2) is 0 Å². The molecule has 0 saturated heterocycles. The lowest BCUT2D eigenvalue weighted by molar-refractivity contribution is 0.222. The van der Waals surface area contributed by atoms with Crippen molar-refractivity contribution in [2.75, 3.05) is 84.1 Å². The minimum atomic E-state index is -0.101. The highest BCUT2D eigenvalue weighted by molar-refractivity contribution is 5.87. The van der Waals surface area contributed by atoms with Gasteiger partial charge in [-0.05, 0) is 86.3 Å². The molecule has 0 radical (unpaired) electrons. The van der Waals surface area contributed by atoms with E-state index in [2.05, 4.69) is 30.0 Å². The second-order valence-electron chi connectivity index (χ2n) is 13.8. The maximum Gasteiger partial charge on any atom is 0.211 e. The molecule has 2 atom stereocenters. The number of benzene rings is 4. The lowest BCUT2D eigenvalue weighted by atomic mass is 9.76. The Kier molecular flexibility index (Phi) is 10.3. The molecule has 4 aromatic rings. The van der Waals surface area contributed by atoms with Gasteiger partial charge in [0.05, 0.1) is 56.9 Å². The lowest BCUT2D eigenvalue weighted by Crippen LogP contribution is -2.36. The van der Waals surface area contributed by atoms with Crippen molar-refractivity contribution in [3.8, 4) is 74.4 Å². The number of phenols is 1. The lowest BCUT2D eigenvalue weighted by Gasteiger charge is -2.41. The first-order valence-corrected chi connectivity index (χ1v) is 18.0. The number of aromatic hydroxyl groups is 1. The first kappa shape index (κ1) is 37.1. The molecule has 2 aliphatic heterocycles. The van der Waals surface area contributed by atoms with Crippen LogP contribution in [0.15, 0.2) is 30.3 Å². The van der Waals surface area contributed by atoms with Crippen molar-refractivity contribution in [3.63, 3.8) is 0 Å². The van der Waals surface area contributed by atoms with Crippen molar-refractivity contribution in [3.05, 3.63) is 63.7 Å². The molecule has 0 saturated carbocycles. The van der Waals surface area contributed by atoms with Gasteiger partial charge in [0.25, 0.3) is 0 Å². The summed E-state index contributed by atoms with van der Waals surface area (Å²) in [5.41, 5.74) is 8.09. The topological polar surface area (TPSA) is 110 Å². The van der Waals surface area contributed by atoms with Gasteiger partial charge in [0.15, 0.2) is 46.0 Å². The summed E-state index contributed by atoms with van der Waals surface area (Å²) in [6, 6.07) is 9.92. The van der Waals surface area contributed by atoms with Gasteiger partial charge in [0, 0.05) is 47.4 Å². The zero-order valence-electron chi connectivity index (χ0n) is 32.8. The van der Waals surface area contributed by atoms with Crippen LogP contribution < -0.4 is 42.6 Å². The second-order valence-corrected chi connectivity index (χ2v) is 13.8. The summed E-state index contributed by atoms with van der Waals surface area (Å²) in [6.45, 7) is 1.62. The van der Waals surface area contributed by atoms with E-state index in [9.17, 15) is 5.11 Å². The number of rotatable bonds is 12. The summed E-state index contributed by atoms with van der Waals surface area (Å²) in [7, 11) is 17.2. The van der Waals surface area contributed by atoms with Gasteiger partial charge in [0.2, 0.25) is 17.2 Å². The molecule has 2 heterocycles. The molecule has 54 heavy (non-hydrogen) atoms. The van der Waals surface area contributed by atoms with Crippen LogP contribution in [0.25, 0.3) is 11.1 Å². The van der Waals surface area contributed by atoms with Crippen molar-refractivity contribution in [1.29, 1.82) is 0 Å². The number of phenolic OH excluding ortho intramolecular Hbond substituents is 1. The monoisotopic (exact) mass is 742 g/mol. The predicted molar refractivity (Wildman–Crippen MR) is 204 cm³/mol. The Balaban J connectivity index is 1.33. The third-order valence-electron chi connectivity index (χ3n) is 11.4. The molecule has 1 N–H and O–H groups in total. The van der Waals surface area contributed by atoms with Crippen LogP contribution in [0.1, 0.15) is 45.5 Å². The van der Waals surface area contributed by atoms with E-state index in [0.29, 0.717) is 64.6 Å². The van der Waals surface area contributed by atoms with Crippen LogP contribution in [0.4, 0.5) is 0 Å². The summed E-state index contributed by atoms with van der Waals surface area (Å²) in [4.78, 5) is 4.65. The molecular formula is C42H50N2O10. The Hall–Kier alpha value is -5.20. The largest absolute Gasteiger partial charge is 0.504 e. The molecule has 12 heteroatoms. The predicted octanol–water partition coefficient (Wildman–Crippen LogP) is 6.78. The Morgan fingerprint density at radius 1 is 0.611 bits per heavy atom. The molecule has 12 nitrogen and oxygen atoms in total. The Bertz CT molecular complexity index is 2080.